The summed E-state index contributed by atoms with van der Waals surface area (Å²) < 4.78 is 27.5. The van der Waals surface area contributed by atoms with Gasteiger partial charge in [0, 0.05) is 16.6 Å². The molecule has 5 nitrogen and oxygen atoms in total. The van der Waals surface area contributed by atoms with E-state index < -0.39 is 22.5 Å². The van der Waals surface area contributed by atoms with Gasteiger partial charge in [-0.2, -0.15) is 0 Å². The number of nitrogens with zero attached hydrogens (tertiary/aromatic N) is 1. The molecule has 0 aliphatic carbocycles. The van der Waals surface area contributed by atoms with Gasteiger partial charge in [-0.1, -0.05) is 71.2 Å². The zero-order valence-corrected chi connectivity index (χ0v) is 18.6. The van der Waals surface area contributed by atoms with Crippen molar-refractivity contribution in [1.29, 1.82) is 0 Å². The number of nitrogens with one attached hydrogen (secondary N) is 1. The number of anilines is 1. The second-order valence-electron chi connectivity index (χ2n) is 6.29. The van der Waals surface area contributed by atoms with E-state index in [0.717, 1.165) is 9.87 Å². The normalized spacial score (nSPS) is 11.2. The van der Waals surface area contributed by atoms with Gasteiger partial charge in [-0.3, -0.25) is 9.10 Å². The Hall–Kier alpha value is -2.25. The fraction of sp³-hybridized carbons (Fsp3) is 0.0952. The minimum Gasteiger partial charge on any atom is -0.350 e. The molecule has 0 aliphatic heterocycles. The zero-order chi connectivity index (χ0) is 21.7. The van der Waals surface area contributed by atoms with E-state index in [-0.39, 0.29) is 22.2 Å². The monoisotopic (exact) mass is 482 g/mol. The summed E-state index contributed by atoms with van der Waals surface area (Å²) in [5.74, 6) is -0.513. The third-order valence-corrected chi connectivity index (χ3v) is 6.91. The first kappa shape index (κ1) is 22.4. The molecule has 0 atom stereocenters. The molecule has 3 aromatic carbocycles. The van der Waals surface area contributed by atoms with Gasteiger partial charge in [0.1, 0.15) is 6.54 Å². The summed E-state index contributed by atoms with van der Waals surface area (Å²) in [7, 11) is -4.06. The van der Waals surface area contributed by atoms with Gasteiger partial charge >= 0.3 is 0 Å². The fourth-order valence-electron chi connectivity index (χ4n) is 2.72. The second kappa shape index (κ2) is 9.71. The Kier molecular flexibility index (Phi) is 7.26. The molecule has 0 aromatic heterocycles. The number of carbonyl (C=O) groups excluding carboxylic acids is 1. The molecule has 0 saturated carbocycles. The quantitative estimate of drug-likeness (QED) is 0.505. The molecule has 156 valence electrons. The molecule has 3 aromatic rings. The van der Waals surface area contributed by atoms with Crippen LogP contribution in [0.15, 0.2) is 77.7 Å². The molecule has 0 heterocycles. The lowest BCUT2D eigenvalue weighted by atomic mass is 10.2. The summed E-state index contributed by atoms with van der Waals surface area (Å²) in [5, 5.41) is 3.67. The molecular formula is C21H17Cl3N2O3S. The van der Waals surface area contributed by atoms with Crippen LogP contribution < -0.4 is 9.62 Å². The smallest absolute Gasteiger partial charge is 0.264 e. The molecule has 0 radical (unpaired) electrons. The SMILES string of the molecule is O=C(CN(c1ccc(Cl)cc1Cl)S(=O)(=O)c1ccccc1)NCc1ccccc1Cl. The van der Waals surface area contributed by atoms with Crippen LogP contribution in [0.3, 0.4) is 0 Å². The topological polar surface area (TPSA) is 66.5 Å². The fourth-order valence-corrected chi connectivity index (χ4v) is 4.95. The third kappa shape index (κ3) is 5.26. The van der Waals surface area contributed by atoms with E-state index in [9.17, 15) is 13.2 Å². The van der Waals surface area contributed by atoms with Gasteiger partial charge in [0.05, 0.1) is 15.6 Å². The molecule has 0 unspecified atom stereocenters. The molecule has 3 rings (SSSR count). The molecule has 0 fully saturated rings. The van der Waals surface area contributed by atoms with Crippen molar-refractivity contribution in [2.24, 2.45) is 0 Å². The number of hydrogen-bond donors (Lipinski definition) is 1. The molecule has 9 heteroatoms. The summed E-state index contributed by atoms with van der Waals surface area (Å²) >= 11 is 18.3. The van der Waals surface area contributed by atoms with E-state index in [0.29, 0.717) is 10.0 Å². The van der Waals surface area contributed by atoms with E-state index in [1.807, 2.05) is 0 Å². The highest BCUT2D eigenvalue weighted by atomic mass is 35.5. The number of benzene rings is 3. The maximum absolute atomic E-state index is 13.3. The van der Waals surface area contributed by atoms with Crippen LogP contribution >= 0.6 is 34.8 Å². The van der Waals surface area contributed by atoms with Crippen molar-refractivity contribution in [2.45, 2.75) is 11.4 Å². The first-order valence-corrected chi connectivity index (χ1v) is 11.4. The van der Waals surface area contributed by atoms with Crippen molar-refractivity contribution in [1.82, 2.24) is 5.32 Å². The van der Waals surface area contributed by atoms with Crippen molar-refractivity contribution >= 4 is 56.4 Å². The number of rotatable bonds is 7. The van der Waals surface area contributed by atoms with Crippen molar-refractivity contribution in [3.05, 3.63) is 93.4 Å². The van der Waals surface area contributed by atoms with E-state index in [4.69, 9.17) is 34.8 Å². The first-order valence-electron chi connectivity index (χ1n) is 8.82. The van der Waals surface area contributed by atoms with E-state index >= 15 is 0 Å². The standard InChI is InChI=1S/C21H17Cl3N2O3S/c22-16-10-11-20(19(24)12-16)26(30(28,29)17-7-2-1-3-8-17)14-21(27)25-13-15-6-4-5-9-18(15)23/h1-12H,13-14H2,(H,25,27). The Labute approximate surface area is 190 Å². The summed E-state index contributed by atoms with van der Waals surface area (Å²) in [4.78, 5) is 12.7. The van der Waals surface area contributed by atoms with Gasteiger partial charge < -0.3 is 5.32 Å². The Morgan fingerprint density at radius 2 is 1.53 bits per heavy atom. The number of sulfonamides is 1. The highest BCUT2D eigenvalue weighted by Crippen LogP contribution is 2.32. The predicted octanol–water partition coefficient (Wildman–Crippen LogP) is 5.16. The Morgan fingerprint density at radius 1 is 0.867 bits per heavy atom. The third-order valence-electron chi connectivity index (χ3n) is 4.23. The van der Waals surface area contributed by atoms with Gasteiger partial charge in [-0.05, 0) is 42.0 Å². The Morgan fingerprint density at radius 3 is 2.20 bits per heavy atom. The average molecular weight is 484 g/mol. The summed E-state index contributed by atoms with van der Waals surface area (Å²) in [6, 6.07) is 19.3. The van der Waals surface area contributed by atoms with Gasteiger partial charge in [0.15, 0.2) is 0 Å². The van der Waals surface area contributed by atoms with Crippen LogP contribution in [0.4, 0.5) is 5.69 Å². The van der Waals surface area contributed by atoms with Crippen molar-refractivity contribution in [3.63, 3.8) is 0 Å². The lowest BCUT2D eigenvalue weighted by Gasteiger charge is -2.25. The van der Waals surface area contributed by atoms with Crippen LogP contribution in [-0.4, -0.2) is 20.9 Å². The Balaban J connectivity index is 1.90. The maximum atomic E-state index is 13.3. The van der Waals surface area contributed by atoms with Gasteiger partial charge in [-0.15, -0.1) is 0 Å². The second-order valence-corrected chi connectivity index (χ2v) is 9.40. The number of carbonyl (C=O) groups is 1. The molecule has 0 saturated heterocycles. The highest BCUT2D eigenvalue weighted by molar-refractivity contribution is 7.92. The van der Waals surface area contributed by atoms with Crippen LogP contribution in [0.5, 0.6) is 0 Å². The lowest BCUT2D eigenvalue weighted by molar-refractivity contribution is -0.119. The van der Waals surface area contributed by atoms with E-state index in [2.05, 4.69) is 5.32 Å². The minimum atomic E-state index is -4.06. The van der Waals surface area contributed by atoms with Crippen molar-refractivity contribution in [2.75, 3.05) is 10.8 Å². The number of halogens is 3. The number of amides is 1. The van der Waals surface area contributed by atoms with E-state index in [1.54, 1.807) is 42.5 Å². The summed E-state index contributed by atoms with van der Waals surface area (Å²) in [6.07, 6.45) is 0. The molecule has 0 bridgehead atoms. The van der Waals surface area contributed by atoms with E-state index in [1.165, 1.54) is 30.3 Å². The van der Waals surface area contributed by atoms with Crippen molar-refractivity contribution < 1.29 is 13.2 Å². The summed E-state index contributed by atoms with van der Waals surface area (Å²) in [5.41, 5.74) is 0.868. The molecule has 0 aliphatic rings. The predicted molar refractivity (Wildman–Crippen MR) is 121 cm³/mol. The van der Waals surface area contributed by atoms with Gasteiger partial charge in [-0.25, -0.2) is 8.42 Å². The highest BCUT2D eigenvalue weighted by Gasteiger charge is 2.28. The maximum Gasteiger partial charge on any atom is 0.264 e. The van der Waals surface area contributed by atoms with Crippen LogP contribution in [0.25, 0.3) is 0 Å². The largest absolute Gasteiger partial charge is 0.350 e. The summed E-state index contributed by atoms with van der Waals surface area (Å²) in [6.45, 7) is -0.310. The first-order chi connectivity index (χ1) is 14.3. The van der Waals surface area contributed by atoms with Gasteiger partial charge in [0.2, 0.25) is 5.91 Å². The molecule has 1 amide bonds. The van der Waals surface area contributed by atoms with Crippen LogP contribution in [-0.2, 0) is 21.4 Å². The molecule has 0 spiro atoms. The van der Waals surface area contributed by atoms with Crippen LogP contribution in [0.2, 0.25) is 15.1 Å². The Bertz CT molecular complexity index is 1160. The lowest BCUT2D eigenvalue weighted by Crippen LogP contribution is -2.40. The van der Waals surface area contributed by atoms with Gasteiger partial charge in [0.25, 0.3) is 10.0 Å². The molecular weight excluding hydrogens is 467 g/mol. The van der Waals surface area contributed by atoms with Crippen molar-refractivity contribution in [3.8, 4) is 0 Å². The average Bonchev–Trinajstić information content (AvgIpc) is 2.72. The number of hydrogen-bond acceptors (Lipinski definition) is 3. The van der Waals surface area contributed by atoms with Crippen LogP contribution in [0.1, 0.15) is 5.56 Å². The molecule has 1 N–H and O–H groups in total. The zero-order valence-electron chi connectivity index (χ0n) is 15.6. The molecule has 30 heavy (non-hydrogen) atoms. The minimum absolute atomic E-state index is 0.0370. The van der Waals surface area contributed by atoms with Crippen LogP contribution in [0, 0.1) is 0 Å².